The Balaban J connectivity index is 1.58. The van der Waals surface area contributed by atoms with Crippen molar-refractivity contribution in [2.45, 2.75) is 26.0 Å². The van der Waals surface area contributed by atoms with E-state index < -0.39 is 0 Å². The van der Waals surface area contributed by atoms with Crippen LogP contribution in [0.5, 0.6) is 5.75 Å². The van der Waals surface area contributed by atoms with E-state index in [1.807, 2.05) is 19.1 Å². The number of anilines is 1. The summed E-state index contributed by atoms with van der Waals surface area (Å²) in [6.07, 6.45) is 3.01. The van der Waals surface area contributed by atoms with E-state index in [1.54, 1.807) is 22.8 Å². The van der Waals surface area contributed by atoms with Gasteiger partial charge in [-0.15, -0.1) is 11.8 Å². The quantitative estimate of drug-likeness (QED) is 0.478. The first-order valence-electron chi connectivity index (χ1n) is 10.4. The monoisotopic (exact) mass is 449 g/mol. The number of amides is 1. The molecule has 2 N–H and O–H groups in total. The molecule has 1 aliphatic rings. The molecular formula is C22H23N7O2S. The van der Waals surface area contributed by atoms with Crippen LogP contribution in [-0.2, 0) is 4.79 Å². The fourth-order valence-corrected chi connectivity index (χ4v) is 4.90. The summed E-state index contributed by atoms with van der Waals surface area (Å²) in [7, 11) is 0. The van der Waals surface area contributed by atoms with Crippen LogP contribution in [0.1, 0.15) is 35.9 Å². The molecule has 164 valence electrons. The number of aromatic amines is 1. The number of rotatable bonds is 5. The Kier molecular flexibility index (Phi) is 5.30. The molecule has 32 heavy (non-hydrogen) atoms. The molecule has 0 aliphatic carbocycles. The maximum Gasteiger partial charge on any atom is 0.235 e. The SMILES string of the molecule is Cc1nn(-c2ncnc3nc[nH]c23)c2c1[C@H](c1ccc(OCC(C)C)cc1)SCC(=O)N2. The summed E-state index contributed by atoms with van der Waals surface area (Å²) in [6.45, 7) is 6.87. The number of aryl methyl sites for hydroxylation is 1. The van der Waals surface area contributed by atoms with E-state index in [1.165, 1.54) is 6.33 Å². The molecule has 9 nitrogen and oxygen atoms in total. The maximum atomic E-state index is 12.6. The van der Waals surface area contributed by atoms with Gasteiger partial charge < -0.3 is 15.0 Å². The third kappa shape index (κ3) is 3.70. The summed E-state index contributed by atoms with van der Waals surface area (Å²) in [6, 6.07) is 8.08. The van der Waals surface area contributed by atoms with Crippen LogP contribution < -0.4 is 10.1 Å². The molecule has 0 bridgehead atoms. The molecule has 1 aromatic carbocycles. The highest BCUT2D eigenvalue weighted by atomic mass is 32.2. The number of nitrogens with one attached hydrogen (secondary N) is 2. The number of carbonyl (C=O) groups excluding carboxylic acids is 1. The maximum absolute atomic E-state index is 12.6. The van der Waals surface area contributed by atoms with Gasteiger partial charge in [-0.1, -0.05) is 26.0 Å². The first-order valence-corrected chi connectivity index (χ1v) is 11.4. The number of thioether (sulfide) groups is 1. The van der Waals surface area contributed by atoms with Gasteiger partial charge in [-0.25, -0.2) is 15.0 Å². The smallest absolute Gasteiger partial charge is 0.235 e. The number of imidazole rings is 1. The Morgan fingerprint density at radius 3 is 2.81 bits per heavy atom. The van der Waals surface area contributed by atoms with E-state index in [2.05, 4.69) is 51.2 Å². The molecular weight excluding hydrogens is 426 g/mol. The van der Waals surface area contributed by atoms with Gasteiger partial charge in [0.15, 0.2) is 11.5 Å². The zero-order chi connectivity index (χ0) is 22.2. The number of fused-ring (bicyclic) bond motifs is 2. The number of carbonyl (C=O) groups is 1. The summed E-state index contributed by atoms with van der Waals surface area (Å²) in [5.74, 6) is 2.73. The lowest BCUT2D eigenvalue weighted by Gasteiger charge is -2.16. The summed E-state index contributed by atoms with van der Waals surface area (Å²) in [4.78, 5) is 28.5. The number of H-pyrrole nitrogens is 1. The van der Waals surface area contributed by atoms with Crippen molar-refractivity contribution in [3.05, 3.63) is 53.7 Å². The molecule has 0 unspecified atom stereocenters. The van der Waals surface area contributed by atoms with Gasteiger partial charge >= 0.3 is 0 Å². The number of benzene rings is 1. The number of nitrogens with zero attached hydrogens (tertiary/aromatic N) is 5. The molecule has 1 aliphatic heterocycles. The van der Waals surface area contributed by atoms with Gasteiger partial charge in [-0.05, 0) is 30.5 Å². The summed E-state index contributed by atoms with van der Waals surface area (Å²) >= 11 is 1.58. The van der Waals surface area contributed by atoms with Gasteiger partial charge in [0.05, 0.1) is 29.6 Å². The molecule has 5 rings (SSSR count). The van der Waals surface area contributed by atoms with Gasteiger partial charge in [0.2, 0.25) is 5.91 Å². The van der Waals surface area contributed by atoms with Crippen molar-refractivity contribution < 1.29 is 9.53 Å². The molecule has 0 spiro atoms. The predicted octanol–water partition coefficient (Wildman–Crippen LogP) is 3.66. The Morgan fingerprint density at radius 1 is 1.22 bits per heavy atom. The Bertz CT molecular complexity index is 1280. The Labute approximate surface area is 189 Å². The van der Waals surface area contributed by atoms with Crippen LogP contribution in [0.3, 0.4) is 0 Å². The molecule has 1 amide bonds. The summed E-state index contributed by atoms with van der Waals surface area (Å²) in [5, 5.41) is 7.71. The fraction of sp³-hybridized carbons (Fsp3) is 0.318. The molecule has 10 heteroatoms. The highest BCUT2D eigenvalue weighted by Gasteiger charge is 2.31. The molecule has 3 aromatic heterocycles. The van der Waals surface area contributed by atoms with Crippen LogP contribution in [0, 0.1) is 12.8 Å². The third-order valence-corrected chi connectivity index (χ3v) is 6.45. The van der Waals surface area contributed by atoms with E-state index in [4.69, 9.17) is 9.84 Å². The number of ether oxygens (including phenoxy) is 1. The number of hydrogen-bond donors (Lipinski definition) is 2. The third-order valence-electron chi connectivity index (χ3n) is 5.18. The van der Waals surface area contributed by atoms with Crippen LogP contribution in [-0.4, -0.2) is 48.0 Å². The van der Waals surface area contributed by atoms with Crippen molar-refractivity contribution >= 4 is 34.7 Å². The molecule has 0 saturated carbocycles. The normalized spacial score (nSPS) is 16.1. The van der Waals surface area contributed by atoms with Crippen LogP contribution in [0.2, 0.25) is 0 Å². The Hall–Kier alpha value is -3.40. The van der Waals surface area contributed by atoms with Crippen molar-refractivity contribution in [1.29, 1.82) is 0 Å². The number of hydrogen-bond acceptors (Lipinski definition) is 7. The summed E-state index contributed by atoms with van der Waals surface area (Å²) < 4.78 is 7.50. The molecule has 1 atom stereocenters. The number of aromatic nitrogens is 6. The lowest BCUT2D eigenvalue weighted by molar-refractivity contribution is -0.113. The minimum atomic E-state index is -0.0771. The fourth-order valence-electron chi connectivity index (χ4n) is 3.71. The molecule has 0 radical (unpaired) electrons. The second-order valence-corrected chi connectivity index (χ2v) is 9.16. The lowest BCUT2D eigenvalue weighted by Crippen LogP contribution is -2.16. The lowest BCUT2D eigenvalue weighted by atomic mass is 10.0. The average molecular weight is 450 g/mol. The molecule has 0 fully saturated rings. The highest BCUT2D eigenvalue weighted by molar-refractivity contribution is 8.00. The second kappa shape index (κ2) is 8.27. The molecule has 0 saturated heterocycles. The van der Waals surface area contributed by atoms with Gasteiger partial charge in [0.1, 0.15) is 23.4 Å². The van der Waals surface area contributed by atoms with Gasteiger partial charge in [-0.2, -0.15) is 9.78 Å². The second-order valence-electron chi connectivity index (χ2n) is 8.07. The standard InChI is InChI=1S/C22H23N7O2S/c1-12(2)8-31-15-6-4-14(5-7-15)19-17-13(3)28-29(21(17)27-16(30)9-32-19)22-18-20(24-10-23-18)25-11-26-22/h4-7,10-12,19H,8-9H2,1-3H3,(H,27,30)(H,23,24,25,26)/t19-/m0/s1. The van der Waals surface area contributed by atoms with Crippen molar-refractivity contribution in [1.82, 2.24) is 29.7 Å². The highest BCUT2D eigenvalue weighted by Crippen LogP contribution is 2.44. The minimum Gasteiger partial charge on any atom is -0.493 e. The van der Waals surface area contributed by atoms with E-state index in [0.29, 0.717) is 41.1 Å². The zero-order valence-electron chi connectivity index (χ0n) is 18.0. The minimum absolute atomic E-state index is 0.0593. The van der Waals surface area contributed by atoms with Crippen molar-refractivity contribution in [2.75, 3.05) is 17.7 Å². The van der Waals surface area contributed by atoms with E-state index in [-0.39, 0.29) is 11.2 Å². The van der Waals surface area contributed by atoms with E-state index >= 15 is 0 Å². The van der Waals surface area contributed by atoms with Crippen molar-refractivity contribution in [2.24, 2.45) is 5.92 Å². The summed E-state index contributed by atoms with van der Waals surface area (Å²) in [5.41, 5.74) is 4.07. The van der Waals surface area contributed by atoms with E-state index in [0.717, 1.165) is 22.6 Å². The van der Waals surface area contributed by atoms with Gasteiger partial charge in [0.25, 0.3) is 0 Å². The van der Waals surface area contributed by atoms with Crippen LogP contribution in [0.15, 0.2) is 36.9 Å². The predicted molar refractivity (Wildman–Crippen MR) is 123 cm³/mol. The first kappa shape index (κ1) is 20.5. The van der Waals surface area contributed by atoms with Crippen LogP contribution in [0.4, 0.5) is 5.82 Å². The van der Waals surface area contributed by atoms with Crippen molar-refractivity contribution in [3.63, 3.8) is 0 Å². The van der Waals surface area contributed by atoms with Crippen LogP contribution >= 0.6 is 11.8 Å². The average Bonchev–Trinajstić information content (AvgIpc) is 3.33. The zero-order valence-corrected chi connectivity index (χ0v) is 18.8. The first-order chi connectivity index (χ1) is 15.5. The molecule has 4 heterocycles. The van der Waals surface area contributed by atoms with Crippen molar-refractivity contribution in [3.8, 4) is 11.6 Å². The largest absolute Gasteiger partial charge is 0.493 e. The van der Waals surface area contributed by atoms with Gasteiger partial charge in [-0.3, -0.25) is 4.79 Å². The topological polar surface area (TPSA) is 111 Å². The van der Waals surface area contributed by atoms with E-state index in [9.17, 15) is 4.79 Å². The van der Waals surface area contributed by atoms with Gasteiger partial charge in [0, 0.05) is 5.56 Å². The molecule has 4 aromatic rings. The van der Waals surface area contributed by atoms with Crippen LogP contribution in [0.25, 0.3) is 17.0 Å². The Morgan fingerprint density at radius 2 is 2.03 bits per heavy atom.